The fraction of sp³-hybridized carbons (Fsp3) is 0.611. The number of ether oxygens (including phenoxy) is 1. The lowest BCUT2D eigenvalue weighted by atomic mass is 9.95. The van der Waals surface area contributed by atoms with E-state index >= 15 is 0 Å². The number of nitrogens with one attached hydrogen (secondary N) is 3. The van der Waals surface area contributed by atoms with E-state index < -0.39 is 0 Å². The lowest BCUT2D eigenvalue weighted by Crippen LogP contribution is -2.35. The summed E-state index contributed by atoms with van der Waals surface area (Å²) in [5, 5.41) is 8.32. The van der Waals surface area contributed by atoms with Gasteiger partial charge in [-0.2, -0.15) is 0 Å². The molecule has 5 heteroatoms. The van der Waals surface area contributed by atoms with Gasteiger partial charge in [-0.15, -0.1) is 0 Å². The lowest BCUT2D eigenvalue weighted by molar-refractivity contribution is 0.172. The molecule has 0 aromatic carbocycles. The Hall–Kier alpha value is -1.59. The summed E-state index contributed by atoms with van der Waals surface area (Å²) < 4.78 is 5.47. The summed E-state index contributed by atoms with van der Waals surface area (Å²) in [6, 6.07) is 2.82. The van der Waals surface area contributed by atoms with Gasteiger partial charge in [0.2, 0.25) is 0 Å². The van der Waals surface area contributed by atoms with E-state index in [2.05, 4.69) is 32.9 Å². The van der Waals surface area contributed by atoms with Crippen molar-refractivity contribution in [2.75, 3.05) is 32.1 Å². The summed E-state index contributed by atoms with van der Waals surface area (Å²) in [5.74, 6) is 1.26. The second-order valence-corrected chi connectivity index (χ2v) is 6.93. The summed E-state index contributed by atoms with van der Waals surface area (Å²) in [6.07, 6.45) is 9.07. The van der Waals surface area contributed by atoms with E-state index in [1.165, 1.54) is 36.6 Å². The molecule has 1 saturated heterocycles. The average molecular weight is 314 g/mol. The van der Waals surface area contributed by atoms with Crippen LogP contribution >= 0.6 is 0 Å². The molecule has 0 radical (unpaired) electrons. The maximum atomic E-state index is 5.47. The second kappa shape index (κ2) is 6.49. The van der Waals surface area contributed by atoms with E-state index in [4.69, 9.17) is 4.74 Å². The van der Waals surface area contributed by atoms with Crippen LogP contribution in [0.1, 0.15) is 37.2 Å². The van der Waals surface area contributed by atoms with Crippen LogP contribution in [0.15, 0.2) is 18.5 Å². The van der Waals surface area contributed by atoms with Gasteiger partial charge >= 0.3 is 0 Å². The topological polar surface area (TPSA) is 62.0 Å². The summed E-state index contributed by atoms with van der Waals surface area (Å²) in [6.45, 7) is 2.99. The van der Waals surface area contributed by atoms with Crippen molar-refractivity contribution in [3.8, 4) is 0 Å². The van der Waals surface area contributed by atoms with Gasteiger partial charge in [0.1, 0.15) is 5.65 Å². The number of methoxy groups -OCH3 is 1. The third-order valence-corrected chi connectivity index (χ3v) is 5.21. The van der Waals surface area contributed by atoms with Gasteiger partial charge in [-0.3, -0.25) is 0 Å². The number of nitrogens with zero attached hydrogens (tertiary/aromatic N) is 1. The Kier molecular flexibility index (Phi) is 4.23. The standard InChI is InChI=1S/C18H26N4O/c1-23-11-17(12-2-3-12)16-10-21-18-15(16)8-14(9-20-18)22-13-4-6-19-7-5-13/h8-10,12-13,17,19,22H,2-7,11H2,1H3,(H,20,21). The van der Waals surface area contributed by atoms with Crippen LogP contribution in [0, 0.1) is 5.92 Å². The molecule has 2 aromatic heterocycles. The van der Waals surface area contributed by atoms with Crippen LogP contribution in [-0.4, -0.2) is 42.8 Å². The number of anilines is 1. The molecular formula is C18H26N4O. The molecule has 2 fully saturated rings. The van der Waals surface area contributed by atoms with Crippen molar-refractivity contribution in [3.05, 3.63) is 24.0 Å². The zero-order valence-electron chi connectivity index (χ0n) is 13.8. The Morgan fingerprint density at radius 2 is 2.13 bits per heavy atom. The molecule has 0 amide bonds. The van der Waals surface area contributed by atoms with Crippen LogP contribution in [0.4, 0.5) is 5.69 Å². The SMILES string of the molecule is COCC(c1c[nH]c2ncc(NC3CCNCC3)cc12)C1CC1. The molecule has 1 aliphatic heterocycles. The minimum Gasteiger partial charge on any atom is -0.384 e. The Morgan fingerprint density at radius 3 is 2.87 bits per heavy atom. The predicted molar refractivity (Wildman–Crippen MR) is 92.9 cm³/mol. The third kappa shape index (κ3) is 3.21. The van der Waals surface area contributed by atoms with E-state index in [0.717, 1.165) is 36.9 Å². The van der Waals surface area contributed by atoms with E-state index in [1.54, 1.807) is 7.11 Å². The quantitative estimate of drug-likeness (QED) is 0.767. The second-order valence-electron chi connectivity index (χ2n) is 6.93. The molecule has 1 unspecified atom stereocenters. The van der Waals surface area contributed by atoms with Gasteiger partial charge in [0.25, 0.3) is 0 Å². The highest BCUT2D eigenvalue weighted by molar-refractivity contribution is 5.83. The van der Waals surface area contributed by atoms with Gasteiger partial charge in [0, 0.05) is 30.7 Å². The predicted octanol–water partition coefficient (Wildman–Crippen LogP) is 2.87. The normalized spacial score (nSPS) is 20.7. The fourth-order valence-electron chi connectivity index (χ4n) is 3.77. The number of piperidine rings is 1. The number of H-pyrrole nitrogens is 1. The van der Waals surface area contributed by atoms with Crippen molar-refractivity contribution in [1.29, 1.82) is 0 Å². The molecule has 0 bridgehead atoms. The number of aromatic amines is 1. The average Bonchev–Trinajstić information content (AvgIpc) is 3.34. The first-order valence-corrected chi connectivity index (χ1v) is 8.78. The molecule has 1 atom stereocenters. The van der Waals surface area contributed by atoms with Crippen LogP contribution in [0.25, 0.3) is 11.0 Å². The van der Waals surface area contributed by atoms with Crippen LogP contribution in [0.5, 0.6) is 0 Å². The van der Waals surface area contributed by atoms with Crippen LogP contribution in [0.2, 0.25) is 0 Å². The van der Waals surface area contributed by atoms with Crippen molar-refractivity contribution in [2.45, 2.75) is 37.6 Å². The van der Waals surface area contributed by atoms with Crippen molar-refractivity contribution in [2.24, 2.45) is 5.92 Å². The highest BCUT2D eigenvalue weighted by Gasteiger charge is 2.33. The molecule has 4 rings (SSSR count). The van der Waals surface area contributed by atoms with Crippen LogP contribution in [0.3, 0.4) is 0 Å². The molecular weight excluding hydrogens is 288 g/mol. The third-order valence-electron chi connectivity index (χ3n) is 5.21. The van der Waals surface area contributed by atoms with Crippen LogP contribution in [-0.2, 0) is 4.74 Å². The minimum absolute atomic E-state index is 0.490. The molecule has 2 aliphatic rings. The number of fused-ring (bicyclic) bond motifs is 1. The van der Waals surface area contributed by atoms with E-state index in [1.807, 2.05) is 6.20 Å². The Bertz CT molecular complexity index is 658. The Morgan fingerprint density at radius 1 is 1.30 bits per heavy atom. The minimum atomic E-state index is 0.490. The zero-order chi connectivity index (χ0) is 15.6. The molecule has 23 heavy (non-hydrogen) atoms. The number of pyridine rings is 1. The van der Waals surface area contributed by atoms with E-state index in [-0.39, 0.29) is 0 Å². The van der Waals surface area contributed by atoms with Crippen molar-refractivity contribution in [1.82, 2.24) is 15.3 Å². The summed E-state index contributed by atoms with van der Waals surface area (Å²) in [5.41, 5.74) is 3.49. The van der Waals surface area contributed by atoms with Gasteiger partial charge in [-0.1, -0.05) is 0 Å². The molecule has 3 heterocycles. The van der Waals surface area contributed by atoms with Gasteiger partial charge in [0.05, 0.1) is 18.5 Å². The van der Waals surface area contributed by atoms with Crippen molar-refractivity contribution < 1.29 is 4.74 Å². The summed E-state index contributed by atoms with van der Waals surface area (Å²) >= 11 is 0. The maximum Gasteiger partial charge on any atom is 0.137 e. The molecule has 1 aliphatic carbocycles. The highest BCUT2D eigenvalue weighted by atomic mass is 16.5. The Labute approximate surface area is 137 Å². The first kappa shape index (κ1) is 15.0. The van der Waals surface area contributed by atoms with Crippen molar-refractivity contribution >= 4 is 16.7 Å². The first-order chi connectivity index (χ1) is 11.3. The van der Waals surface area contributed by atoms with Gasteiger partial charge in [-0.05, 0) is 56.3 Å². The molecule has 2 aromatic rings. The first-order valence-electron chi connectivity index (χ1n) is 8.78. The summed E-state index contributed by atoms with van der Waals surface area (Å²) in [7, 11) is 1.80. The van der Waals surface area contributed by atoms with Crippen LogP contribution < -0.4 is 10.6 Å². The maximum absolute atomic E-state index is 5.47. The molecule has 3 N–H and O–H groups in total. The highest BCUT2D eigenvalue weighted by Crippen LogP contribution is 2.44. The molecule has 1 saturated carbocycles. The molecule has 124 valence electrons. The van der Waals surface area contributed by atoms with Gasteiger partial charge < -0.3 is 20.4 Å². The van der Waals surface area contributed by atoms with Gasteiger partial charge in [0.15, 0.2) is 0 Å². The van der Waals surface area contributed by atoms with E-state index in [0.29, 0.717) is 12.0 Å². The zero-order valence-corrected chi connectivity index (χ0v) is 13.8. The number of hydrogen-bond donors (Lipinski definition) is 3. The molecule has 0 spiro atoms. The van der Waals surface area contributed by atoms with Gasteiger partial charge in [-0.25, -0.2) is 4.98 Å². The fourth-order valence-corrected chi connectivity index (χ4v) is 3.77. The number of rotatable bonds is 6. The molecule has 5 nitrogen and oxygen atoms in total. The van der Waals surface area contributed by atoms with E-state index in [9.17, 15) is 0 Å². The smallest absolute Gasteiger partial charge is 0.137 e. The Balaban J connectivity index is 1.60. The summed E-state index contributed by atoms with van der Waals surface area (Å²) in [4.78, 5) is 7.95. The van der Waals surface area contributed by atoms with Crippen molar-refractivity contribution in [3.63, 3.8) is 0 Å². The monoisotopic (exact) mass is 314 g/mol. The largest absolute Gasteiger partial charge is 0.384 e. The number of hydrogen-bond acceptors (Lipinski definition) is 4. The number of aromatic nitrogens is 2. The lowest BCUT2D eigenvalue weighted by Gasteiger charge is -2.24.